The Morgan fingerprint density at radius 3 is 2.61 bits per heavy atom. The average Bonchev–Trinajstić information content (AvgIpc) is 2.33. The monoisotopic (exact) mass is 393 g/mol. The Bertz CT molecular complexity index is 589. The van der Waals surface area contributed by atoms with E-state index in [0.29, 0.717) is 10.7 Å². The Morgan fingerprint density at radius 1 is 1.22 bits per heavy atom. The van der Waals surface area contributed by atoms with Gasteiger partial charge in [0.25, 0.3) is 5.91 Å². The summed E-state index contributed by atoms with van der Waals surface area (Å²) >= 11 is 13.7. The van der Waals surface area contributed by atoms with Gasteiger partial charge in [-0.2, -0.15) is 0 Å². The molecule has 1 amide bonds. The van der Waals surface area contributed by atoms with Gasteiger partial charge in [-0.05, 0) is 40.8 Å². The van der Waals surface area contributed by atoms with E-state index in [-0.39, 0.29) is 16.8 Å². The minimum absolute atomic E-state index is 0.175. The third kappa shape index (κ3) is 3.30. The Balaban J connectivity index is 2.18. The van der Waals surface area contributed by atoms with E-state index >= 15 is 0 Å². The second-order valence-electron chi connectivity index (χ2n) is 3.30. The van der Waals surface area contributed by atoms with Crippen LogP contribution >= 0.6 is 45.8 Å². The molecular weight excluding hydrogens is 388 g/mol. The Morgan fingerprint density at radius 2 is 2.00 bits per heavy atom. The van der Waals surface area contributed by atoms with Crippen molar-refractivity contribution in [1.29, 1.82) is 0 Å². The maximum Gasteiger partial charge on any atom is 0.275 e. The van der Waals surface area contributed by atoms with Gasteiger partial charge < -0.3 is 5.32 Å². The number of carbonyl (C=O) groups excluding carboxylic acids is 1. The van der Waals surface area contributed by atoms with Crippen molar-refractivity contribution in [3.8, 4) is 0 Å². The fourth-order valence-electron chi connectivity index (χ4n) is 1.21. The number of nitrogens with zero attached hydrogens (tertiary/aromatic N) is 2. The highest BCUT2D eigenvalue weighted by Crippen LogP contribution is 2.24. The average molecular weight is 394 g/mol. The molecule has 0 aliphatic rings. The third-order valence-corrected chi connectivity index (χ3v) is 3.21. The van der Waals surface area contributed by atoms with E-state index in [0.717, 1.165) is 3.57 Å². The fraction of sp³-hybridized carbons (Fsp3) is 0. The molecule has 0 fully saturated rings. The van der Waals surface area contributed by atoms with Gasteiger partial charge in [0, 0.05) is 3.57 Å². The highest BCUT2D eigenvalue weighted by molar-refractivity contribution is 14.1. The molecule has 1 aromatic heterocycles. The third-order valence-electron chi connectivity index (χ3n) is 2.03. The lowest BCUT2D eigenvalue weighted by Crippen LogP contribution is -2.14. The molecule has 92 valence electrons. The van der Waals surface area contributed by atoms with Gasteiger partial charge in [-0.25, -0.2) is 9.97 Å². The molecule has 7 heteroatoms. The second-order valence-corrected chi connectivity index (χ2v) is 5.34. The molecule has 2 rings (SSSR count). The van der Waals surface area contributed by atoms with Crippen molar-refractivity contribution in [2.45, 2.75) is 0 Å². The lowest BCUT2D eigenvalue weighted by molar-refractivity contribution is 0.102. The number of benzene rings is 1. The summed E-state index contributed by atoms with van der Waals surface area (Å²) < 4.78 is 0.988. The summed E-state index contributed by atoms with van der Waals surface area (Å²) in [4.78, 5) is 19.5. The Hall–Kier alpha value is -0.920. The standard InChI is InChI=1S/C11H6Cl2IN3O/c12-7-3-6(14)1-2-8(7)17-11(18)9-4-16-10(13)5-15-9/h1-5H,(H,17,18). The zero-order valence-electron chi connectivity index (χ0n) is 8.82. The lowest BCUT2D eigenvalue weighted by atomic mass is 10.3. The molecule has 2 aromatic rings. The predicted octanol–water partition coefficient (Wildman–Crippen LogP) is 3.64. The Kier molecular flexibility index (Phi) is 4.36. The number of rotatable bonds is 2. The van der Waals surface area contributed by atoms with Gasteiger partial charge in [0.2, 0.25) is 0 Å². The topological polar surface area (TPSA) is 54.9 Å². The van der Waals surface area contributed by atoms with Gasteiger partial charge in [-0.15, -0.1) is 0 Å². The molecule has 0 aliphatic carbocycles. The molecule has 4 nitrogen and oxygen atoms in total. The summed E-state index contributed by atoms with van der Waals surface area (Å²) in [7, 11) is 0. The number of nitrogens with one attached hydrogen (secondary N) is 1. The van der Waals surface area contributed by atoms with Crippen LogP contribution < -0.4 is 5.32 Å². The van der Waals surface area contributed by atoms with E-state index in [1.54, 1.807) is 12.1 Å². The van der Waals surface area contributed by atoms with Crippen molar-refractivity contribution in [1.82, 2.24) is 9.97 Å². The van der Waals surface area contributed by atoms with Crippen LogP contribution in [0.2, 0.25) is 10.2 Å². The molecule has 1 heterocycles. The van der Waals surface area contributed by atoms with Gasteiger partial charge in [-0.3, -0.25) is 4.79 Å². The van der Waals surface area contributed by atoms with E-state index in [1.807, 2.05) is 6.07 Å². The summed E-state index contributed by atoms with van der Waals surface area (Å²) in [6.45, 7) is 0. The van der Waals surface area contributed by atoms with E-state index in [9.17, 15) is 4.79 Å². The summed E-state index contributed by atoms with van der Waals surface area (Å²) in [5.41, 5.74) is 0.702. The molecule has 0 spiro atoms. The van der Waals surface area contributed by atoms with E-state index in [1.165, 1.54) is 12.4 Å². The minimum atomic E-state index is -0.387. The first kappa shape index (κ1) is 13.5. The van der Waals surface area contributed by atoms with E-state index < -0.39 is 0 Å². The molecule has 0 aliphatic heterocycles. The number of hydrogen-bond donors (Lipinski definition) is 1. The molecule has 0 unspecified atom stereocenters. The SMILES string of the molecule is O=C(Nc1ccc(I)cc1Cl)c1cnc(Cl)cn1. The van der Waals surface area contributed by atoms with Gasteiger partial charge in [0.1, 0.15) is 10.8 Å². The molecule has 0 radical (unpaired) electrons. The van der Waals surface area contributed by atoms with Crippen LogP contribution in [0.1, 0.15) is 10.5 Å². The van der Waals surface area contributed by atoms with Crippen LogP contribution in [0, 0.1) is 3.57 Å². The van der Waals surface area contributed by atoms with Crippen LogP contribution in [0.3, 0.4) is 0 Å². The van der Waals surface area contributed by atoms with Gasteiger partial charge >= 0.3 is 0 Å². The Labute approximate surface area is 127 Å². The van der Waals surface area contributed by atoms with E-state index in [2.05, 4.69) is 37.9 Å². The number of carbonyl (C=O) groups is 1. The molecule has 1 aromatic carbocycles. The molecule has 1 N–H and O–H groups in total. The largest absolute Gasteiger partial charge is 0.319 e. The van der Waals surface area contributed by atoms with Crippen molar-refractivity contribution < 1.29 is 4.79 Å². The number of amides is 1. The van der Waals surface area contributed by atoms with Crippen LogP contribution in [-0.4, -0.2) is 15.9 Å². The fourth-order valence-corrected chi connectivity index (χ4v) is 2.21. The number of aromatic nitrogens is 2. The predicted molar refractivity (Wildman–Crippen MR) is 79.2 cm³/mol. The maximum atomic E-state index is 11.8. The number of halogens is 3. The minimum Gasteiger partial charge on any atom is -0.319 e. The van der Waals surface area contributed by atoms with E-state index in [4.69, 9.17) is 23.2 Å². The van der Waals surface area contributed by atoms with Crippen LogP contribution in [0.15, 0.2) is 30.6 Å². The van der Waals surface area contributed by atoms with Crippen molar-refractivity contribution in [3.05, 3.63) is 50.0 Å². The highest BCUT2D eigenvalue weighted by atomic mass is 127. The highest BCUT2D eigenvalue weighted by Gasteiger charge is 2.10. The second kappa shape index (κ2) is 5.81. The molecule has 0 atom stereocenters. The summed E-state index contributed by atoms with van der Waals surface area (Å²) in [6.07, 6.45) is 2.62. The molecule has 0 bridgehead atoms. The van der Waals surface area contributed by atoms with Crippen molar-refractivity contribution in [2.24, 2.45) is 0 Å². The van der Waals surface area contributed by atoms with Crippen molar-refractivity contribution >= 4 is 57.4 Å². The lowest BCUT2D eigenvalue weighted by Gasteiger charge is -2.06. The molecular formula is C11H6Cl2IN3O. The quantitative estimate of drug-likeness (QED) is 0.792. The maximum absolute atomic E-state index is 11.8. The van der Waals surface area contributed by atoms with Gasteiger partial charge in [0.15, 0.2) is 0 Å². The van der Waals surface area contributed by atoms with Crippen LogP contribution in [0.5, 0.6) is 0 Å². The van der Waals surface area contributed by atoms with Gasteiger partial charge in [0.05, 0.1) is 23.1 Å². The zero-order valence-corrected chi connectivity index (χ0v) is 12.5. The van der Waals surface area contributed by atoms with Crippen molar-refractivity contribution in [3.63, 3.8) is 0 Å². The van der Waals surface area contributed by atoms with Crippen LogP contribution in [0.4, 0.5) is 5.69 Å². The molecule has 18 heavy (non-hydrogen) atoms. The first-order chi connectivity index (χ1) is 8.56. The normalized spacial score (nSPS) is 10.2. The number of anilines is 1. The number of hydrogen-bond acceptors (Lipinski definition) is 3. The smallest absolute Gasteiger partial charge is 0.275 e. The first-order valence-electron chi connectivity index (χ1n) is 4.80. The van der Waals surface area contributed by atoms with Gasteiger partial charge in [-0.1, -0.05) is 23.2 Å². The molecule has 0 saturated carbocycles. The summed E-state index contributed by atoms with van der Waals surface area (Å²) in [6, 6.07) is 5.33. The van der Waals surface area contributed by atoms with Crippen molar-refractivity contribution in [2.75, 3.05) is 5.32 Å². The van der Waals surface area contributed by atoms with Crippen LogP contribution in [0.25, 0.3) is 0 Å². The first-order valence-corrected chi connectivity index (χ1v) is 6.63. The summed E-state index contributed by atoms with van der Waals surface area (Å²) in [5, 5.41) is 3.36. The zero-order chi connectivity index (χ0) is 13.1. The molecule has 0 saturated heterocycles. The van der Waals surface area contributed by atoms with Crippen LogP contribution in [-0.2, 0) is 0 Å². The summed E-state index contributed by atoms with van der Waals surface area (Å²) in [5.74, 6) is -0.387.